The lowest BCUT2D eigenvalue weighted by Gasteiger charge is -2.26. The lowest BCUT2D eigenvalue weighted by molar-refractivity contribution is -0.870. The Balaban J connectivity index is 4.17. The van der Waals surface area contributed by atoms with E-state index in [-0.39, 0.29) is 19.1 Å². The summed E-state index contributed by atoms with van der Waals surface area (Å²) >= 11 is 0. The Morgan fingerprint density at radius 1 is 0.547 bits per heavy atom. The Labute approximate surface area is 398 Å². The van der Waals surface area contributed by atoms with Gasteiger partial charge in [0.2, 0.25) is 5.91 Å². The van der Waals surface area contributed by atoms with Crippen molar-refractivity contribution in [3.05, 3.63) is 24.3 Å². The monoisotopic (exact) mass is 926 g/mol. The van der Waals surface area contributed by atoms with Gasteiger partial charge in [-0.25, -0.2) is 4.57 Å². The second-order valence-corrected chi connectivity index (χ2v) is 21.7. The average Bonchev–Trinajstić information content (AvgIpc) is 3.25. The van der Waals surface area contributed by atoms with Crippen molar-refractivity contribution in [2.24, 2.45) is 0 Å². The van der Waals surface area contributed by atoms with Crippen LogP contribution >= 0.6 is 7.82 Å². The number of aliphatic hydroxyl groups excluding tert-OH is 1. The number of nitrogens with one attached hydrogen (secondary N) is 1. The maximum atomic E-state index is 13.0. The second-order valence-electron chi connectivity index (χ2n) is 20.3. The molecule has 0 fully saturated rings. The van der Waals surface area contributed by atoms with Gasteiger partial charge in [-0.2, -0.15) is 0 Å². The van der Waals surface area contributed by atoms with Crippen molar-refractivity contribution in [1.82, 2.24) is 5.32 Å². The molecule has 0 spiro atoms. The third kappa shape index (κ3) is 48.9. The molecule has 0 saturated carbocycles. The zero-order chi connectivity index (χ0) is 47.1. The molecule has 0 saturated heterocycles. The number of unbranched alkanes of at least 4 members (excludes halogenated alkanes) is 34. The van der Waals surface area contributed by atoms with Crippen LogP contribution in [0.2, 0.25) is 0 Å². The minimum atomic E-state index is -4.32. The highest BCUT2D eigenvalue weighted by Gasteiger charge is 2.28. The van der Waals surface area contributed by atoms with Crippen molar-refractivity contribution in [2.45, 2.75) is 283 Å². The van der Waals surface area contributed by atoms with E-state index in [1.165, 1.54) is 193 Å². The van der Waals surface area contributed by atoms with Crippen molar-refractivity contribution >= 4 is 13.7 Å². The van der Waals surface area contributed by atoms with E-state index in [1.54, 1.807) is 0 Å². The molecule has 0 bridgehead atoms. The average molecular weight is 926 g/mol. The topological polar surface area (TPSA) is 105 Å². The lowest BCUT2D eigenvalue weighted by Crippen LogP contribution is -2.46. The third-order valence-electron chi connectivity index (χ3n) is 12.7. The first-order valence-electron chi connectivity index (χ1n) is 27.7. The third-order valence-corrected chi connectivity index (χ3v) is 13.7. The van der Waals surface area contributed by atoms with Crippen LogP contribution in [0.3, 0.4) is 0 Å². The van der Waals surface area contributed by atoms with Gasteiger partial charge in [-0.1, -0.05) is 250 Å². The van der Waals surface area contributed by atoms with E-state index in [2.05, 4.69) is 43.5 Å². The second kappa shape index (κ2) is 47.1. The van der Waals surface area contributed by atoms with Crippen LogP contribution in [0.1, 0.15) is 271 Å². The van der Waals surface area contributed by atoms with Crippen LogP contribution in [0.25, 0.3) is 0 Å². The van der Waals surface area contributed by atoms with Gasteiger partial charge in [-0.3, -0.25) is 13.8 Å². The number of hydrogen-bond donors (Lipinski definition) is 3. The van der Waals surface area contributed by atoms with Crippen molar-refractivity contribution in [3.8, 4) is 0 Å². The zero-order valence-corrected chi connectivity index (χ0v) is 44.2. The molecule has 3 atom stereocenters. The maximum absolute atomic E-state index is 13.0. The molecular formula is C55H110N2O6P+. The first kappa shape index (κ1) is 63.0. The highest BCUT2D eigenvalue weighted by Crippen LogP contribution is 2.43. The molecule has 0 rings (SSSR count). The molecule has 3 N–H and O–H groups in total. The fourth-order valence-corrected chi connectivity index (χ4v) is 9.12. The SMILES string of the molecule is CC/C=C\C/C=C\CCCCCCCCCCCCCCCCC(=O)NC(COP(=O)(O)OCC[N+](C)(C)C)C(O)CCCCCCCCCCCCCCCCCCCCCCC. The molecule has 0 radical (unpaired) electrons. The van der Waals surface area contributed by atoms with E-state index in [1.807, 2.05) is 21.1 Å². The molecule has 8 nitrogen and oxygen atoms in total. The molecule has 0 aliphatic heterocycles. The summed E-state index contributed by atoms with van der Waals surface area (Å²) < 4.78 is 23.8. The van der Waals surface area contributed by atoms with Gasteiger partial charge in [0.15, 0.2) is 0 Å². The molecular weight excluding hydrogens is 816 g/mol. The number of phosphoric acid groups is 1. The maximum Gasteiger partial charge on any atom is 0.472 e. The molecule has 9 heteroatoms. The number of phosphoric ester groups is 1. The van der Waals surface area contributed by atoms with Crippen LogP contribution in [0, 0.1) is 0 Å². The summed E-state index contributed by atoms with van der Waals surface area (Å²) in [5, 5.41) is 14.1. The molecule has 380 valence electrons. The van der Waals surface area contributed by atoms with E-state index in [4.69, 9.17) is 9.05 Å². The van der Waals surface area contributed by atoms with E-state index >= 15 is 0 Å². The Hall–Kier alpha value is -1.02. The molecule has 0 aromatic rings. The van der Waals surface area contributed by atoms with E-state index in [9.17, 15) is 19.4 Å². The van der Waals surface area contributed by atoms with Crippen LogP contribution in [0.15, 0.2) is 24.3 Å². The Bertz CT molecular complexity index is 1090. The lowest BCUT2D eigenvalue weighted by atomic mass is 10.0. The van der Waals surface area contributed by atoms with Crippen LogP contribution in [0.4, 0.5) is 0 Å². The number of hydrogen-bond acceptors (Lipinski definition) is 5. The highest BCUT2D eigenvalue weighted by molar-refractivity contribution is 7.47. The van der Waals surface area contributed by atoms with Gasteiger partial charge in [0.25, 0.3) is 0 Å². The van der Waals surface area contributed by atoms with Gasteiger partial charge in [-0.05, 0) is 38.5 Å². The summed E-state index contributed by atoms with van der Waals surface area (Å²) in [5.41, 5.74) is 0. The normalized spacial score (nSPS) is 14.2. The first-order chi connectivity index (χ1) is 31.0. The quantitative estimate of drug-likeness (QED) is 0.0243. The Morgan fingerprint density at radius 2 is 0.938 bits per heavy atom. The molecule has 0 aromatic heterocycles. The number of quaternary nitrogens is 1. The van der Waals surface area contributed by atoms with E-state index in [0.29, 0.717) is 23.9 Å². The fourth-order valence-electron chi connectivity index (χ4n) is 8.38. The number of nitrogens with zero attached hydrogens (tertiary/aromatic N) is 1. The van der Waals surface area contributed by atoms with E-state index in [0.717, 1.165) is 51.4 Å². The number of likely N-dealkylation sites (N-methyl/N-ethyl adjacent to an activating group) is 1. The van der Waals surface area contributed by atoms with Gasteiger partial charge < -0.3 is 19.8 Å². The standard InChI is InChI=1S/C55H109N2O6P/c1-6-8-10-12-14-16-18-20-22-24-26-28-30-32-34-36-38-40-42-44-46-48-54(58)53(52-63-64(60,61)62-51-50-57(3,4)5)56-55(59)49-47-45-43-41-39-37-35-33-31-29-27-25-23-21-19-17-15-13-11-9-7-2/h9,11,15,17,53-54,58H,6-8,10,12-14,16,18-52H2,1-5H3,(H-,56,59,60,61)/p+1/b11-9-,17-15-. The number of allylic oxidation sites excluding steroid dienone is 4. The van der Waals surface area contributed by atoms with Gasteiger partial charge in [0.05, 0.1) is 39.9 Å². The number of carbonyl (C=O) groups is 1. The number of aliphatic hydroxyl groups is 1. The molecule has 0 aliphatic carbocycles. The molecule has 0 aliphatic rings. The molecule has 0 aromatic carbocycles. The zero-order valence-electron chi connectivity index (χ0n) is 43.3. The van der Waals surface area contributed by atoms with Crippen LogP contribution in [-0.4, -0.2) is 73.4 Å². The fraction of sp³-hybridized carbons (Fsp3) is 0.909. The van der Waals surface area contributed by atoms with Crippen molar-refractivity contribution in [1.29, 1.82) is 0 Å². The Kier molecular flexibility index (Phi) is 46.3. The molecule has 0 heterocycles. The minimum absolute atomic E-state index is 0.0764. The summed E-state index contributed by atoms with van der Waals surface area (Å²) in [5.74, 6) is -0.141. The predicted octanol–water partition coefficient (Wildman–Crippen LogP) is 16.4. The van der Waals surface area contributed by atoms with Crippen molar-refractivity contribution in [3.63, 3.8) is 0 Å². The van der Waals surface area contributed by atoms with Crippen LogP contribution in [-0.2, 0) is 18.4 Å². The minimum Gasteiger partial charge on any atom is -0.391 e. The van der Waals surface area contributed by atoms with Gasteiger partial charge in [0, 0.05) is 6.42 Å². The van der Waals surface area contributed by atoms with Crippen molar-refractivity contribution < 1.29 is 32.9 Å². The summed E-state index contributed by atoms with van der Waals surface area (Å²) in [6.07, 6.45) is 57.9. The van der Waals surface area contributed by atoms with Gasteiger partial charge in [0.1, 0.15) is 13.2 Å². The highest BCUT2D eigenvalue weighted by atomic mass is 31.2. The number of carbonyl (C=O) groups excluding carboxylic acids is 1. The van der Waals surface area contributed by atoms with Gasteiger partial charge in [-0.15, -0.1) is 0 Å². The Morgan fingerprint density at radius 3 is 1.36 bits per heavy atom. The summed E-state index contributed by atoms with van der Waals surface area (Å²) in [6.45, 7) is 4.82. The predicted molar refractivity (Wildman–Crippen MR) is 277 cm³/mol. The largest absolute Gasteiger partial charge is 0.472 e. The summed E-state index contributed by atoms with van der Waals surface area (Å²) in [7, 11) is 1.63. The van der Waals surface area contributed by atoms with Gasteiger partial charge >= 0.3 is 7.82 Å². The van der Waals surface area contributed by atoms with Crippen molar-refractivity contribution in [2.75, 3.05) is 40.9 Å². The summed E-state index contributed by atoms with van der Waals surface area (Å²) in [6, 6.07) is -0.759. The smallest absolute Gasteiger partial charge is 0.391 e. The molecule has 1 amide bonds. The molecule has 3 unspecified atom stereocenters. The molecule has 64 heavy (non-hydrogen) atoms. The first-order valence-corrected chi connectivity index (χ1v) is 29.2. The van der Waals surface area contributed by atoms with E-state index < -0.39 is 20.0 Å². The number of rotatable bonds is 51. The number of amides is 1. The van der Waals surface area contributed by atoms with Crippen LogP contribution < -0.4 is 5.32 Å². The van der Waals surface area contributed by atoms with Crippen LogP contribution in [0.5, 0.6) is 0 Å². The summed E-state index contributed by atoms with van der Waals surface area (Å²) in [4.78, 5) is 23.3.